The molecule has 0 spiro atoms. The number of carbonyl (C=O) groups is 3. The highest BCUT2D eigenvalue weighted by Gasteiger charge is 2.32. The number of amides is 3. The number of nitrogens with zero attached hydrogens (tertiary/aromatic N) is 2. The van der Waals surface area contributed by atoms with E-state index in [0.29, 0.717) is 26.8 Å². The van der Waals surface area contributed by atoms with Crippen molar-refractivity contribution in [1.29, 1.82) is 0 Å². The zero-order valence-corrected chi connectivity index (χ0v) is 15.8. The molecule has 0 saturated carbocycles. The van der Waals surface area contributed by atoms with Crippen LogP contribution in [-0.2, 0) is 0 Å². The van der Waals surface area contributed by atoms with Crippen LogP contribution in [0.5, 0.6) is 0 Å². The van der Waals surface area contributed by atoms with Crippen LogP contribution in [-0.4, -0.2) is 34.7 Å². The van der Waals surface area contributed by atoms with Gasteiger partial charge in [-0.1, -0.05) is 0 Å². The van der Waals surface area contributed by atoms with Gasteiger partial charge in [0, 0.05) is 18.3 Å². The Balaban J connectivity index is 1.59. The van der Waals surface area contributed by atoms with Crippen LogP contribution >= 0.6 is 11.3 Å². The molecule has 1 aliphatic heterocycles. The van der Waals surface area contributed by atoms with Crippen LogP contribution < -0.4 is 5.32 Å². The van der Waals surface area contributed by atoms with Crippen LogP contribution in [0.15, 0.2) is 42.5 Å². The highest BCUT2D eigenvalue weighted by molar-refractivity contribution is 7.17. The maximum Gasteiger partial charge on any atom is 0.267 e. The van der Waals surface area contributed by atoms with E-state index in [1.165, 1.54) is 42.6 Å². The number of rotatable bonds is 3. The fourth-order valence-corrected chi connectivity index (χ4v) is 3.92. The van der Waals surface area contributed by atoms with Gasteiger partial charge in [0.1, 0.15) is 15.7 Å². The molecule has 8 heteroatoms. The van der Waals surface area contributed by atoms with E-state index in [1.807, 2.05) is 0 Å². The predicted molar refractivity (Wildman–Crippen MR) is 103 cm³/mol. The minimum Gasteiger partial charge on any atom is -0.321 e. The smallest absolute Gasteiger partial charge is 0.267 e. The van der Waals surface area contributed by atoms with E-state index in [2.05, 4.69) is 10.3 Å². The summed E-state index contributed by atoms with van der Waals surface area (Å²) in [5, 5.41) is 3.35. The summed E-state index contributed by atoms with van der Waals surface area (Å²) >= 11 is 1.20. The van der Waals surface area contributed by atoms with Gasteiger partial charge in [-0.25, -0.2) is 9.37 Å². The summed E-state index contributed by atoms with van der Waals surface area (Å²) in [5.74, 6) is -1.47. The number of benzene rings is 2. The Bertz CT molecular complexity index is 1140. The highest BCUT2D eigenvalue weighted by Crippen LogP contribution is 2.29. The average Bonchev–Trinajstić information content (AvgIpc) is 3.17. The normalized spacial score (nSPS) is 13.0. The van der Waals surface area contributed by atoms with Gasteiger partial charge in [0.15, 0.2) is 0 Å². The van der Waals surface area contributed by atoms with Crippen molar-refractivity contribution in [3.05, 3.63) is 70.0 Å². The molecule has 3 aromatic rings. The second-order valence-electron chi connectivity index (χ2n) is 6.32. The monoisotopic (exact) mass is 395 g/mol. The first-order chi connectivity index (χ1) is 13.3. The van der Waals surface area contributed by atoms with Crippen molar-refractivity contribution in [3.63, 3.8) is 0 Å². The number of imide groups is 1. The molecule has 3 amide bonds. The van der Waals surface area contributed by atoms with Gasteiger partial charge in [-0.3, -0.25) is 19.3 Å². The Morgan fingerprint density at radius 2 is 1.75 bits per heavy atom. The molecule has 2 heterocycles. The average molecular weight is 395 g/mol. The summed E-state index contributed by atoms with van der Waals surface area (Å²) in [6.07, 6.45) is 0. The first-order valence-electron chi connectivity index (χ1n) is 8.36. The molecule has 0 radical (unpaired) electrons. The maximum absolute atomic E-state index is 13.1. The van der Waals surface area contributed by atoms with E-state index >= 15 is 0 Å². The van der Waals surface area contributed by atoms with E-state index in [4.69, 9.17) is 0 Å². The molecule has 1 N–H and O–H groups in total. The molecule has 0 fully saturated rings. The lowest BCUT2D eigenvalue weighted by atomic mass is 10.1. The fraction of sp³-hybridized carbons (Fsp3) is 0.100. The second kappa shape index (κ2) is 6.65. The molecular weight excluding hydrogens is 381 g/mol. The summed E-state index contributed by atoms with van der Waals surface area (Å²) in [7, 11) is 1.42. The van der Waals surface area contributed by atoms with Crippen molar-refractivity contribution in [2.24, 2.45) is 0 Å². The van der Waals surface area contributed by atoms with Crippen LogP contribution in [0.3, 0.4) is 0 Å². The second-order valence-corrected chi connectivity index (χ2v) is 7.32. The first-order valence-corrected chi connectivity index (χ1v) is 9.18. The van der Waals surface area contributed by atoms with Gasteiger partial charge in [-0.2, -0.15) is 0 Å². The zero-order chi connectivity index (χ0) is 20.0. The van der Waals surface area contributed by atoms with Gasteiger partial charge in [0.25, 0.3) is 17.7 Å². The molecule has 140 valence electrons. The summed E-state index contributed by atoms with van der Waals surface area (Å²) in [4.78, 5) is 42.6. The number of aromatic nitrogens is 1. The number of nitrogens with one attached hydrogen (secondary N) is 1. The van der Waals surface area contributed by atoms with Crippen LogP contribution in [0.25, 0.3) is 10.6 Å². The maximum atomic E-state index is 13.1. The van der Waals surface area contributed by atoms with Crippen LogP contribution in [0.2, 0.25) is 0 Å². The number of carbonyl (C=O) groups excluding carboxylic acids is 3. The molecule has 0 unspecified atom stereocenters. The van der Waals surface area contributed by atoms with Crippen LogP contribution in [0.1, 0.15) is 36.1 Å². The Morgan fingerprint density at radius 3 is 2.46 bits per heavy atom. The standard InChI is InChI=1S/C20H14FN3O3S/c1-10-16(28-18(22-10)11-3-5-12(21)6-4-11)17(25)23-13-7-8-14-15(9-13)20(27)24(2)19(14)26/h3-9H,1-2H3,(H,23,25). The van der Waals surface area contributed by atoms with Crippen molar-refractivity contribution in [2.75, 3.05) is 12.4 Å². The molecule has 2 aromatic carbocycles. The summed E-state index contributed by atoms with van der Waals surface area (Å²) in [6, 6.07) is 10.5. The van der Waals surface area contributed by atoms with Gasteiger partial charge in [0.05, 0.1) is 16.8 Å². The summed E-state index contributed by atoms with van der Waals surface area (Å²) in [6.45, 7) is 1.72. The molecule has 4 rings (SSSR count). The quantitative estimate of drug-likeness (QED) is 0.686. The van der Waals surface area contributed by atoms with E-state index in [0.717, 1.165) is 10.5 Å². The summed E-state index contributed by atoms with van der Waals surface area (Å²) in [5.41, 5.74) is 2.26. The molecule has 0 bridgehead atoms. The molecular formula is C20H14FN3O3S. The SMILES string of the molecule is Cc1nc(-c2ccc(F)cc2)sc1C(=O)Nc1ccc2c(c1)C(=O)N(C)C2=O. The van der Waals surface area contributed by atoms with E-state index in [9.17, 15) is 18.8 Å². The Morgan fingerprint density at radius 1 is 1.07 bits per heavy atom. The van der Waals surface area contributed by atoms with E-state index in [-0.39, 0.29) is 23.2 Å². The van der Waals surface area contributed by atoms with Crippen molar-refractivity contribution in [3.8, 4) is 10.6 Å². The van der Waals surface area contributed by atoms with Gasteiger partial charge >= 0.3 is 0 Å². The lowest BCUT2D eigenvalue weighted by Crippen LogP contribution is -2.24. The topological polar surface area (TPSA) is 79.4 Å². The Kier molecular flexibility index (Phi) is 4.27. The van der Waals surface area contributed by atoms with Crippen molar-refractivity contribution in [2.45, 2.75) is 6.92 Å². The summed E-state index contributed by atoms with van der Waals surface area (Å²) < 4.78 is 13.1. The van der Waals surface area contributed by atoms with Crippen molar-refractivity contribution >= 4 is 34.7 Å². The predicted octanol–water partition coefficient (Wildman–Crippen LogP) is 3.74. The van der Waals surface area contributed by atoms with Gasteiger partial charge in [0.2, 0.25) is 0 Å². The lowest BCUT2D eigenvalue weighted by Gasteiger charge is -2.05. The third kappa shape index (κ3) is 2.97. The minimum atomic E-state index is -0.399. The first kappa shape index (κ1) is 18.0. The van der Waals surface area contributed by atoms with Gasteiger partial charge in [-0.15, -0.1) is 11.3 Å². The third-order valence-electron chi connectivity index (χ3n) is 4.44. The molecule has 1 aliphatic rings. The van der Waals surface area contributed by atoms with Crippen molar-refractivity contribution in [1.82, 2.24) is 9.88 Å². The van der Waals surface area contributed by atoms with Gasteiger partial charge < -0.3 is 5.32 Å². The number of hydrogen-bond donors (Lipinski definition) is 1. The van der Waals surface area contributed by atoms with E-state index in [1.54, 1.807) is 25.1 Å². The van der Waals surface area contributed by atoms with Crippen molar-refractivity contribution < 1.29 is 18.8 Å². The van der Waals surface area contributed by atoms with E-state index < -0.39 is 5.91 Å². The number of aryl methyl sites for hydroxylation is 1. The van der Waals surface area contributed by atoms with Gasteiger partial charge in [-0.05, 0) is 49.4 Å². The third-order valence-corrected chi connectivity index (χ3v) is 5.65. The lowest BCUT2D eigenvalue weighted by molar-refractivity contribution is 0.0692. The van der Waals surface area contributed by atoms with Crippen LogP contribution in [0, 0.1) is 12.7 Å². The molecule has 1 aromatic heterocycles. The number of halogens is 1. The molecule has 0 saturated heterocycles. The number of hydrogen-bond acceptors (Lipinski definition) is 5. The molecule has 6 nitrogen and oxygen atoms in total. The number of fused-ring (bicyclic) bond motifs is 1. The Labute approximate surface area is 163 Å². The largest absolute Gasteiger partial charge is 0.321 e. The number of anilines is 1. The number of thiazole rings is 1. The molecule has 28 heavy (non-hydrogen) atoms. The molecule has 0 atom stereocenters. The zero-order valence-electron chi connectivity index (χ0n) is 14.9. The minimum absolute atomic E-state index is 0.262. The highest BCUT2D eigenvalue weighted by atomic mass is 32.1. The van der Waals surface area contributed by atoms with Crippen LogP contribution in [0.4, 0.5) is 10.1 Å². The fourth-order valence-electron chi connectivity index (χ4n) is 2.95. The molecule has 0 aliphatic carbocycles. The Hall–Kier alpha value is -3.39.